The molecule has 3 rings (SSSR count). The van der Waals surface area contributed by atoms with Gasteiger partial charge in [0, 0.05) is 11.3 Å². The summed E-state index contributed by atoms with van der Waals surface area (Å²) in [5, 5.41) is 12.7. The summed E-state index contributed by atoms with van der Waals surface area (Å²) < 4.78 is 0.897. The molecule has 0 aliphatic rings. The van der Waals surface area contributed by atoms with Gasteiger partial charge in [-0.25, -0.2) is 4.98 Å². The van der Waals surface area contributed by atoms with Crippen LogP contribution in [0.15, 0.2) is 36.4 Å². The highest BCUT2D eigenvalue weighted by atomic mass is 35.5. The first-order chi connectivity index (χ1) is 10.0. The number of aromatic hydroxyl groups is 1. The molecule has 0 aliphatic carbocycles. The molecular weight excluding hydrogens is 310 g/mol. The molecule has 3 aromatic rings. The number of fused-ring (bicyclic) bond motifs is 1. The monoisotopic (exact) mass is 319 g/mol. The van der Waals surface area contributed by atoms with Gasteiger partial charge in [0.15, 0.2) is 5.13 Å². The van der Waals surface area contributed by atoms with Crippen LogP contribution in [0, 0.1) is 0 Å². The molecular formula is C14H10ClN3O2S. The molecule has 0 atom stereocenters. The summed E-state index contributed by atoms with van der Waals surface area (Å²) in [5.74, 6) is -0.410. The van der Waals surface area contributed by atoms with Gasteiger partial charge in [0.25, 0.3) is 5.91 Å². The molecule has 0 fully saturated rings. The van der Waals surface area contributed by atoms with Crippen molar-refractivity contribution in [1.82, 2.24) is 4.98 Å². The number of halogens is 1. The predicted molar refractivity (Wildman–Crippen MR) is 85.1 cm³/mol. The Labute approximate surface area is 129 Å². The van der Waals surface area contributed by atoms with Crippen molar-refractivity contribution < 1.29 is 9.90 Å². The van der Waals surface area contributed by atoms with Crippen molar-refractivity contribution >= 4 is 49.9 Å². The zero-order chi connectivity index (χ0) is 15.0. The summed E-state index contributed by atoms with van der Waals surface area (Å²) in [6.45, 7) is 0. The van der Waals surface area contributed by atoms with Crippen LogP contribution in [0.4, 0.5) is 10.8 Å². The lowest BCUT2D eigenvalue weighted by atomic mass is 10.2. The van der Waals surface area contributed by atoms with Gasteiger partial charge in [-0.3, -0.25) is 10.1 Å². The van der Waals surface area contributed by atoms with Gasteiger partial charge in [-0.15, -0.1) is 0 Å². The number of phenols is 1. The molecule has 1 heterocycles. The van der Waals surface area contributed by atoms with E-state index in [0.29, 0.717) is 16.4 Å². The minimum atomic E-state index is -0.344. The van der Waals surface area contributed by atoms with Crippen molar-refractivity contribution in [3.8, 4) is 5.75 Å². The molecule has 0 bridgehead atoms. The third-order valence-electron chi connectivity index (χ3n) is 2.84. The number of rotatable bonds is 2. The van der Waals surface area contributed by atoms with Crippen molar-refractivity contribution in [1.29, 1.82) is 0 Å². The average molecular weight is 320 g/mol. The van der Waals surface area contributed by atoms with Gasteiger partial charge in [-0.05, 0) is 36.4 Å². The van der Waals surface area contributed by atoms with Gasteiger partial charge in [0.1, 0.15) is 5.75 Å². The van der Waals surface area contributed by atoms with E-state index in [1.54, 1.807) is 18.2 Å². The molecule has 0 unspecified atom stereocenters. The van der Waals surface area contributed by atoms with Crippen molar-refractivity contribution in [2.45, 2.75) is 0 Å². The summed E-state index contributed by atoms with van der Waals surface area (Å²) in [4.78, 5) is 16.4. The van der Waals surface area contributed by atoms with Crippen LogP contribution < -0.4 is 11.1 Å². The van der Waals surface area contributed by atoms with Gasteiger partial charge in [0.05, 0.1) is 15.2 Å². The Bertz CT molecular complexity index is 847. The maximum atomic E-state index is 12.1. The van der Waals surface area contributed by atoms with E-state index < -0.39 is 0 Å². The summed E-state index contributed by atoms with van der Waals surface area (Å²) >= 11 is 7.12. The first kappa shape index (κ1) is 13.7. The second-order valence-corrected chi connectivity index (χ2v) is 5.80. The van der Waals surface area contributed by atoms with E-state index in [1.807, 2.05) is 0 Å². The molecule has 5 nitrogen and oxygen atoms in total. The number of carbonyl (C=O) groups excluding carboxylic acids is 1. The van der Waals surface area contributed by atoms with Gasteiger partial charge in [-0.1, -0.05) is 22.9 Å². The third-order valence-corrected chi connectivity index (χ3v) is 4.08. The highest BCUT2D eigenvalue weighted by Crippen LogP contribution is 2.28. The molecule has 7 heteroatoms. The number of phenolic OH excluding ortho intramolecular Hbond substituents is 1. The van der Waals surface area contributed by atoms with Gasteiger partial charge < -0.3 is 10.8 Å². The second-order valence-electron chi connectivity index (χ2n) is 4.37. The zero-order valence-corrected chi connectivity index (χ0v) is 12.2. The average Bonchev–Trinajstić information content (AvgIpc) is 2.83. The number of amides is 1. The number of hydrogen-bond acceptors (Lipinski definition) is 5. The topological polar surface area (TPSA) is 88.2 Å². The Kier molecular flexibility index (Phi) is 3.40. The molecule has 21 heavy (non-hydrogen) atoms. The highest BCUT2D eigenvalue weighted by Gasteiger charge is 2.11. The largest absolute Gasteiger partial charge is 0.506 e. The van der Waals surface area contributed by atoms with E-state index in [1.165, 1.54) is 29.5 Å². The van der Waals surface area contributed by atoms with Gasteiger partial charge in [-0.2, -0.15) is 0 Å². The normalized spacial score (nSPS) is 10.7. The number of aromatic nitrogens is 1. The van der Waals surface area contributed by atoms with E-state index in [2.05, 4.69) is 10.3 Å². The Morgan fingerprint density at radius 3 is 2.86 bits per heavy atom. The van der Waals surface area contributed by atoms with Crippen LogP contribution in [0.5, 0.6) is 5.75 Å². The fraction of sp³-hybridized carbons (Fsp3) is 0. The summed E-state index contributed by atoms with van der Waals surface area (Å²) in [5.41, 5.74) is 7.47. The fourth-order valence-electron chi connectivity index (χ4n) is 1.81. The zero-order valence-electron chi connectivity index (χ0n) is 10.6. The number of carbonyl (C=O) groups is 1. The lowest BCUT2D eigenvalue weighted by molar-refractivity contribution is 0.102. The molecule has 106 valence electrons. The first-order valence-electron chi connectivity index (χ1n) is 5.99. The van der Waals surface area contributed by atoms with Crippen LogP contribution in [-0.4, -0.2) is 16.0 Å². The molecule has 0 spiro atoms. The smallest absolute Gasteiger partial charge is 0.257 e. The summed E-state index contributed by atoms with van der Waals surface area (Å²) in [6, 6.07) is 9.62. The lowest BCUT2D eigenvalue weighted by Crippen LogP contribution is -2.11. The summed E-state index contributed by atoms with van der Waals surface area (Å²) in [7, 11) is 0. The Hall–Kier alpha value is -2.31. The van der Waals surface area contributed by atoms with E-state index >= 15 is 0 Å². The van der Waals surface area contributed by atoms with Crippen LogP contribution in [0.3, 0.4) is 0 Å². The SMILES string of the molecule is Nc1ccc2nc(NC(=O)c3ccc(O)c(Cl)c3)sc2c1. The van der Waals surface area contributed by atoms with Crippen molar-refractivity contribution in [3.05, 3.63) is 47.0 Å². The minimum Gasteiger partial charge on any atom is -0.506 e. The molecule has 1 aromatic heterocycles. The Balaban J connectivity index is 1.87. The van der Waals surface area contributed by atoms with E-state index in [0.717, 1.165) is 10.2 Å². The fourth-order valence-corrected chi connectivity index (χ4v) is 2.90. The number of hydrogen-bond donors (Lipinski definition) is 3. The number of benzene rings is 2. The molecule has 2 aromatic carbocycles. The molecule has 0 saturated carbocycles. The number of nitrogen functional groups attached to an aromatic ring is 1. The minimum absolute atomic E-state index is 0.0660. The first-order valence-corrected chi connectivity index (χ1v) is 7.18. The number of nitrogens with two attached hydrogens (primary N) is 1. The quantitative estimate of drug-likeness (QED) is 0.631. The molecule has 0 aliphatic heterocycles. The van der Waals surface area contributed by atoms with Crippen LogP contribution >= 0.6 is 22.9 Å². The summed E-state index contributed by atoms with van der Waals surface area (Å²) in [6.07, 6.45) is 0. The molecule has 0 saturated heterocycles. The molecule has 1 amide bonds. The van der Waals surface area contributed by atoms with Crippen LogP contribution in [0.1, 0.15) is 10.4 Å². The lowest BCUT2D eigenvalue weighted by Gasteiger charge is -2.03. The van der Waals surface area contributed by atoms with Crippen molar-refractivity contribution in [3.63, 3.8) is 0 Å². The molecule has 4 N–H and O–H groups in total. The maximum Gasteiger partial charge on any atom is 0.257 e. The van der Waals surface area contributed by atoms with Crippen molar-refractivity contribution in [2.75, 3.05) is 11.1 Å². The van der Waals surface area contributed by atoms with E-state index in [4.69, 9.17) is 17.3 Å². The van der Waals surface area contributed by atoms with E-state index in [9.17, 15) is 9.90 Å². The highest BCUT2D eigenvalue weighted by molar-refractivity contribution is 7.22. The van der Waals surface area contributed by atoms with Gasteiger partial charge >= 0.3 is 0 Å². The van der Waals surface area contributed by atoms with E-state index in [-0.39, 0.29) is 16.7 Å². The third kappa shape index (κ3) is 2.76. The number of nitrogens with zero attached hydrogens (tertiary/aromatic N) is 1. The standard InChI is InChI=1S/C14H10ClN3O2S/c15-9-5-7(1-4-11(9)19)13(20)18-14-17-10-3-2-8(16)6-12(10)21-14/h1-6,19H,16H2,(H,17,18,20). The molecule has 0 radical (unpaired) electrons. The van der Waals surface area contributed by atoms with Crippen molar-refractivity contribution in [2.24, 2.45) is 0 Å². The van der Waals surface area contributed by atoms with Crippen LogP contribution in [0.25, 0.3) is 10.2 Å². The van der Waals surface area contributed by atoms with Crippen LogP contribution in [-0.2, 0) is 0 Å². The number of nitrogens with one attached hydrogen (secondary N) is 1. The number of thiazole rings is 1. The van der Waals surface area contributed by atoms with Gasteiger partial charge in [0.2, 0.25) is 0 Å². The van der Waals surface area contributed by atoms with Crippen LogP contribution in [0.2, 0.25) is 5.02 Å². The maximum absolute atomic E-state index is 12.1. The Morgan fingerprint density at radius 2 is 2.10 bits per heavy atom. The predicted octanol–water partition coefficient (Wildman–Crippen LogP) is 3.49. The number of anilines is 2. The second kappa shape index (κ2) is 5.23. The Morgan fingerprint density at radius 1 is 1.29 bits per heavy atom.